The third-order valence-electron chi connectivity index (χ3n) is 2.98. The van der Waals surface area contributed by atoms with Crippen LogP contribution in [0.3, 0.4) is 0 Å². The second-order valence-electron chi connectivity index (χ2n) is 4.85. The minimum Gasteiger partial charge on any atom is -0.295 e. The Balaban J connectivity index is 2.03. The molecule has 0 bridgehead atoms. The Morgan fingerprint density at radius 3 is 2.67 bits per heavy atom. The zero-order chi connectivity index (χ0) is 15.4. The van der Waals surface area contributed by atoms with Crippen LogP contribution in [-0.2, 0) is 6.54 Å². The van der Waals surface area contributed by atoms with E-state index in [1.54, 1.807) is 11.9 Å². The number of benzene rings is 2. The van der Waals surface area contributed by atoms with Crippen molar-refractivity contribution in [2.24, 2.45) is 0 Å². The van der Waals surface area contributed by atoms with Crippen LogP contribution in [0.2, 0.25) is 0 Å². The zero-order valence-corrected chi connectivity index (χ0v) is 13.0. The van der Waals surface area contributed by atoms with Gasteiger partial charge in [-0.25, -0.2) is 8.78 Å². The Bertz CT molecular complexity index is 660. The van der Waals surface area contributed by atoms with Gasteiger partial charge in [-0.15, -0.1) is 0 Å². The molecule has 5 heteroatoms. The summed E-state index contributed by atoms with van der Waals surface area (Å²) in [6.45, 7) is 0.564. The number of Topliss-reactive ketones (excluding diaryl/α,β-unsaturated/α-hetero) is 1. The summed E-state index contributed by atoms with van der Waals surface area (Å²) in [4.78, 5) is 13.8. The van der Waals surface area contributed by atoms with Crippen molar-refractivity contribution < 1.29 is 13.6 Å². The molecule has 0 fully saturated rings. The van der Waals surface area contributed by atoms with Gasteiger partial charge in [0.05, 0.1) is 12.1 Å². The largest absolute Gasteiger partial charge is 0.295 e. The quantitative estimate of drug-likeness (QED) is 0.756. The number of hydrogen-bond donors (Lipinski definition) is 0. The van der Waals surface area contributed by atoms with E-state index in [0.717, 1.165) is 28.2 Å². The van der Waals surface area contributed by atoms with Crippen LogP contribution in [0.25, 0.3) is 0 Å². The van der Waals surface area contributed by atoms with Gasteiger partial charge in [-0.05, 0) is 42.9 Å². The molecule has 0 aliphatic heterocycles. The van der Waals surface area contributed by atoms with Gasteiger partial charge in [0, 0.05) is 11.0 Å². The predicted molar refractivity (Wildman–Crippen MR) is 81.2 cm³/mol. The molecule has 2 aromatic carbocycles. The van der Waals surface area contributed by atoms with Gasteiger partial charge in [-0.1, -0.05) is 28.1 Å². The van der Waals surface area contributed by atoms with Gasteiger partial charge in [-0.2, -0.15) is 0 Å². The molecular weight excluding hydrogens is 340 g/mol. The molecule has 0 aliphatic carbocycles. The lowest BCUT2D eigenvalue weighted by molar-refractivity contribution is 0.0938. The van der Waals surface area contributed by atoms with Crippen LogP contribution < -0.4 is 0 Å². The van der Waals surface area contributed by atoms with Gasteiger partial charge >= 0.3 is 0 Å². The Kier molecular flexibility index (Phi) is 5.20. The number of nitrogens with zero attached hydrogens (tertiary/aromatic N) is 1. The smallest absolute Gasteiger partial charge is 0.179 e. The number of carbonyl (C=O) groups is 1. The Hall–Kier alpha value is -1.59. The Morgan fingerprint density at radius 1 is 1.19 bits per heavy atom. The number of likely N-dealkylation sites (N-methyl/N-ethyl adjacent to an activating group) is 1. The average Bonchev–Trinajstić information content (AvgIpc) is 2.41. The predicted octanol–water partition coefficient (Wildman–Crippen LogP) is 4.04. The van der Waals surface area contributed by atoms with Gasteiger partial charge in [0.25, 0.3) is 0 Å². The van der Waals surface area contributed by atoms with Gasteiger partial charge in [0.1, 0.15) is 11.6 Å². The van der Waals surface area contributed by atoms with E-state index in [0.29, 0.717) is 6.54 Å². The molecule has 21 heavy (non-hydrogen) atoms. The molecule has 0 spiro atoms. The summed E-state index contributed by atoms with van der Waals surface area (Å²) in [6, 6.07) is 10.6. The minimum atomic E-state index is -0.697. The van der Waals surface area contributed by atoms with Crippen molar-refractivity contribution in [2.75, 3.05) is 13.6 Å². The summed E-state index contributed by atoms with van der Waals surface area (Å²) in [5.41, 5.74) is 0.815. The van der Waals surface area contributed by atoms with Crippen LogP contribution in [0.4, 0.5) is 8.78 Å². The minimum absolute atomic E-state index is 0.0207. The first-order valence-corrected chi connectivity index (χ1v) is 7.16. The van der Waals surface area contributed by atoms with E-state index in [9.17, 15) is 13.6 Å². The average molecular weight is 354 g/mol. The summed E-state index contributed by atoms with van der Waals surface area (Å²) in [5.74, 6) is -1.75. The van der Waals surface area contributed by atoms with Crippen LogP contribution in [0, 0.1) is 11.6 Å². The third-order valence-corrected chi connectivity index (χ3v) is 3.48. The van der Waals surface area contributed by atoms with Crippen molar-refractivity contribution in [3.8, 4) is 0 Å². The molecular formula is C16H14BrF2NO. The Morgan fingerprint density at radius 2 is 1.95 bits per heavy atom. The van der Waals surface area contributed by atoms with Crippen LogP contribution in [-0.4, -0.2) is 24.3 Å². The maximum absolute atomic E-state index is 13.5. The number of carbonyl (C=O) groups excluding carboxylic acids is 1. The number of rotatable bonds is 5. The van der Waals surface area contributed by atoms with E-state index in [1.165, 1.54) is 0 Å². The first kappa shape index (κ1) is 15.8. The van der Waals surface area contributed by atoms with Crippen molar-refractivity contribution in [1.82, 2.24) is 4.90 Å². The highest BCUT2D eigenvalue weighted by Crippen LogP contribution is 2.14. The van der Waals surface area contributed by atoms with Crippen molar-refractivity contribution >= 4 is 21.7 Å². The fourth-order valence-corrected chi connectivity index (χ4v) is 2.49. The molecule has 0 saturated carbocycles. The van der Waals surface area contributed by atoms with Crippen LogP contribution in [0.15, 0.2) is 46.9 Å². The molecule has 0 aromatic heterocycles. The van der Waals surface area contributed by atoms with Crippen LogP contribution >= 0.6 is 15.9 Å². The molecule has 110 valence electrons. The summed E-state index contributed by atoms with van der Waals surface area (Å²) in [5, 5.41) is 0. The molecule has 0 N–H and O–H groups in total. The fraction of sp³-hybridized carbons (Fsp3) is 0.188. The van der Waals surface area contributed by atoms with Gasteiger partial charge in [-0.3, -0.25) is 9.69 Å². The summed E-state index contributed by atoms with van der Waals surface area (Å²) < 4.78 is 27.6. The third kappa shape index (κ3) is 4.44. The van der Waals surface area contributed by atoms with Crippen LogP contribution in [0.1, 0.15) is 15.9 Å². The van der Waals surface area contributed by atoms with E-state index < -0.39 is 17.4 Å². The van der Waals surface area contributed by atoms with E-state index >= 15 is 0 Å². The SMILES string of the molecule is CN(CC(=O)c1cc(F)ccc1F)Cc1cccc(Br)c1. The molecule has 0 aliphatic rings. The molecule has 0 radical (unpaired) electrons. The summed E-state index contributed by atoms with van der Waals surface area (Å²) in [7, 11) is 1.76. The van der Waals surface area contributed by atoms with E-state index in [1.807, 2.05) is 24.3 Å². The maximum atomic E-state index is 13.5. The lowest BCUT2D eigenvalue weighted by Gasteiger charge is -2.16. The Labute approximate surface area is 130 Å². The monoisotopic (exact) mass is 353 g/mol. The summed E-state index contributed by atoms with van der Waals surface area (Å²) in [6.07, 6.45) is 0. The molecule has 2 rings (SSSR count). The maximum Gasteiger partial charge on any atom is 0.179 e. The fourth-order valence-electron chi connectivity index (χ4n) is 2.04. The highest BCUT2D eigenvalue weighted by atomic mass is 79.9. The second-order valence-corrected chi connectivity index (χ2v) is 5.77. The number of ketones is 1. The normalized spacial score (nSPS) is 10.9. The highest BCUT2D eigenvalue weighted by molar-refractivity contribution is 9.10. The van der Waals surface area contributed by atoms with Crippen molar-refractivity contribution in [2.45, 2.75) is 6.54 Å². The lowest BCUT2D eigenvalue weighted by Crippen LogP contribution is -2.26. The lowest BCUT2D eigenvalue weighted by atomic mass is 10.1. The second kappa shape index (κ2) is 6.91. The molecule has 2 aromatic rings. The molecule has 0 amide bonds. The summed E-state index contributed by atoms with van der Waals surface area (Å²) >= 11 is 3.38. The van der Waals surface area contributed by atoms with Crippen molar-refractivity contribution in [3.05, 3.63) is 69.7 Å². The van der Waals surface area contributed by atoms with Crippen molar-refractivity contribution in [1.29, 1.82) is 0 Å². The van der Waals surface area contributed by atoms with Gasteiger partial charge < -0.3 is 0 Å². The molecule has 0 atom stereocenters. The van der Waals surface area contributed by atoms with Gasteiger partial charge in [0.2, 0.25) is 0 Å². The molecule has 0 unspecified atom stereocenters. The molecule has 2 nitrogen and oxygen atoms in total. The number of halogens is 3. The first-order chi connectivity index (χ1) is 9.95. The zero-order valence-electron chi connectivity index (χ0n) is 11.4. The standard InChI is InChI=1S/C16H14BrF2NO/c1-20(9-11-3-2-4-12(17)7-11)10-16(21)14-8-13(18)5-6-15(14)19/h2-8H,9-10H2,1H3. The topological polar surface area (TPSA) is 20.3 Å². The van der Waals surface area contributed by atoms with E-state index in [2.05, 4.69) is 15.9 Å². The van der Waals surface area contributed by atoms with E-state index in [4.69, 9.17) is 0 Å². The first-order valence-electron chi connectivity index (χ1n) is 6.37. The number of hydrogen-bond acceptors (Lipinski definition) is 2. The highest BCUT2D eigenvalue weighted by Gasteiger charge is 2.15. The van der Waals surface area contributed by atoms with E-state index in [-0.39, 0.29) is 12.1 Å². The molecule has 0 saturated heterocycles. The van der Waals surface area contributed by atoms with Crippen molar-refractivity contribution in [3.63, 3.8) is 0 Å². The van der Waals surface area contributed by atoms with Gasteiger partial charge in [0.15, 0.2) is 5.78 Å². The molecule has 0 heterocycles. The van der Waals surface area contributed by atoms with Crippen LogP contribution in [0.5, 0.6) is 0 Å².